The third-order valence-electron chi connectivity index (χ3n) is 4.11. The molecule has 1 fully saturated rings. The van der Waals surface area contributed by atoms with E-state index in [0.717, 1.165) is 18.0 Å². The van der Waals surface area contributed by atoms with Gasteiger partial charge in [-0.05, 0) is 12.1 Å². The molecular formula is C16H22N3O5+. The molecule has 1 atom stereocenters. The number of methoxy groups -OCH3 is 1. The molecule has 1 amide bonds. The molecule has 130 valence electrons. The molecule has 1 saturated heterocycles. The number of para-hydroxylation sites is 1. The summed E-state index contributed by atoms with van der Waals surface area (Å²) in [4.78, 5) is 36.2. The molecule has 0 bridgehead atoms. The summed E-state index contributed by atoms with van der Waals surface area (Å²) in [7, 11) is 1.25. The Kier molecular flexibility index (Phi) is 6.28. The van der Waals surface area contributed by atoms with Crippen LogP contribution in [0.25, 0.3) is 0 Å². The van der Waals surface area contributed by atoms with Gasteiger partial charge in [0.1, 0.15) is 32.2 Å². The maximum absolute atomic E-state index is 12.3. The second-order valence-electron chi connectivity index (χ2n) is 5.69. The highest BCUT2D eigenvalue weighted by Crippen LogP contribution is 2.16. The minimum absolute atomic E-state index is 0.201. The Balaban J connectivity index is 2.06. The van der Waals surface area contributed by atoms with E-state index in [0.29, 0.717) is 18.8 Å². The predicted molar refractivity (Wildman–Crippen MR) is 82.2 cm³/mol. The lowest BCUT2D eigenvalue weighted by Crippen LogP contribution is -3.24. The van der Waals surface area contributed by atoms with Gasteiger partial charge in [-0.15, -0.1) is 0 Å². The van der Waals surface area contributed by atoms with Crippen molar-refractivity contribution < 1.29 is 34.4 Å². The lowest BCUT2D eigenvalue weighted by Gasteiger charge is -2.30. The number of carboxylic acids is 1. The van der Waals surface area contributed by atoms with E-state index in [1.165, 1.54) is 13.2 Å². The lowest BCUT2D eigenvalue weighted by molar-refractivity contribution is -0.961. The monoisotopic (exact) mass is 336 g/mol. The zero-order valence-electron chi connectivity index (χ0n) is 13.5. The molecule has 4 N–H and O–H groups in total. The first-order chi connectivity index (χ1) is 11.5. The fraction of sp³-hybridized carbons (Fsp3) is 0.438. The van der Waals surface area contributed by atoms with Gasteiger partial charge in [0.2, 0.25) is 5.91 Å². The van der Waals surface area contributed by atoms with Gasteiger partial charge in [-0.2, -0.15) is 0 Å². The number of hydrogen-bond donors (Lipinski definition) is 3. The summed E-state index contributed by atoms with van der Waals surface area (Å²) < 4.78 is 4.67. The second kappa shape index (κ2) is 8.42. The summed E-state index contributed by atoms with van der Waals surface area (Å²) in [5, 5.41) is 16.1. The number of nitrogens with two attached hydrogens (primary N) is 1. The maximum Gasteiger partial charge on any atom is 0.339 e. The van der Waals surface area contributed by atoms with Gasteiger partial charge in [0.05, 0.1) is 30.8 Å². The van der Waals surface area contributed by atoms with E-state index < -0.39 is 23.9 Å². The quantitative estimate of drug-likeness (QED) is 0.464. The van der Waals surface area contributed by atoms with Crippen molar-refractivity contribution in [3.8, 4) is 0 Å². The molecule has 0 radical (unpaired) electrons. The van der Waals surface area contributed by atoms with E-state index in [1.54, 1.807) is 18.2 Å². The average Bonchev–Trinajstić information content (AvgIpc) is 2.60. The SMILES string of the molecule is COC(=O)c1ccccc1NC(=O)C[C@@H](C(=O)[O-])[NH+]1CC[NH2+]CC1. The van der Waals surface area contributed by atoms with Crippen LogP contribution < -0.4 is 20.6 Å². The van der Waals surface area contributed by atoms with Crippen LogP contribution in [0.2, 0.25) is 0 Å². The van der Waals surface area contributed by atoms with E-state index in [9.17, 15) is 19.5 Å². The maximum atomic E-state index is 12.3. The van der Waals surface area contributed by atoms with Crippen LogP contribution in [0.3, 0.4) is 0 Å². The number of rotatable bonds is 6. The highest BCUT2D eigenvalue weighted by atomic mass is 16.5. The Labute approximate surface area is 139 Å². The van der Waals surface area contributed by atoms with Crippen molar-refractivity contribution >= 4 is 23.5 Å². The molecule has 8 heteroatoms. The number of aliphatic carboxylic acids is 1. The van der Waals surface area contributed by atoms with Crippen molar-refractivity contribution in [3.05, 3.63) is 29.8 Å². The fourth-order valence-corrected chi connectivity index (χ4v) is 2.85. The predicted octanol–water partition coefficient (Wildman–Crippen LogP) is -3.62. The van der Waals surface area contributed by atoms with Gasteiger partial charge in [0.15, 0.2) is 0 Å². The second-order valence-corrected chi connectivity index (χ2v) is 5.69. The van der Waals surface area contributed by atoms with Gasteiger partial charge in [-0.3, -0.25) is 4.79 Å². The average molecular weight is 336 g/mol. The summed E-state index contributed by atoms with van der Waals surface area (Å²) in [6.07, 6.45) is -0.201. The Morgan fingerprint density at radius 3 is 2.58 bits per heavy atom. The Hall–Kier alpha value is -2.45. The number of carbonyl (C=O) groups excluding carboxylic acids is 3. The third kappa shape index (κ3) is 4.53. The molecule has 0 aromatic heterocycles. The van der Waals surface area contributed by atoms with Crippen LogP contribution in [0.15, 0.2) is 24.3 Å². The fourth-order valence-electron chi connectivity index (χ4n) is 2.85. The highest BCUT2D eigenvalue weighted by molar-refractivity contribution is 6.01. The van der Waals surface area contributed by atoms with Crippen LogP contribution in [0.5, 0.6) is 0 Å². The number of nitrogens with one attached hydrogen (secondary N) is 2. The van der Waals surface area contributed by atoms with Crippen molar-refractivity contribution in [1.29, 1.82) is 0 Å². The summed E-state index contributed by atoms with van der Waals surface area (Å²) in [5.41, 5.74) is 0.520. The molecule has 2 rings (SSSR count). The largest absolute Gasteiger partial charge is 0.544 e. The van der Waals surface area contributed by atoms with E-state index in [-0.39, 0.29) is 12.0 Å². The van der Waals surface area contributed by atoms with Crippen molar-refractivity contribution in [2.45, 2.75) is 12.5 Å². The molecule has 0 aliphatic carbocycles. The Morgan fingerprint density at radius 2 is 1.96 bits per heavy atom. The molecule has 8 nitrogen and oxygen atoms in total. The number of quaternary nitrogens is 2. The number of amides is 1. The molecule has 1 aromatic rings. The number of carbonyl (C=O) groups is 3. The lowest BCUT2D eigenvalue weighted by atomic mass is 10.1. The topological polar surface area (TPSA) is 117 Å². The molecule has 1 heterocycles. The Morgan fingerprint density at radius 1 is 1.29 bits per heavy atom. The molecule has 0 spiro atoms. The number of benzene rings is 1. The van der Waals surface area contributed by atoms with Gasteiger partial charge in [0, 0.05) is 0 Å². The van der Waals surface area contributed by atoms with Crippen LogP contribution in [0.1, 0.15) is 16.8 Å². The molecule has 1 aliphatic heterocycles. The first kappa shape index (κ1) is 17.9. The minimum atomic E-state index is -1.23. The zero-order chi connectivity index (χ0) is 17.5. The van der Waals surface area contributed by atoms with Crippen LogP contribution in [-0.2, 0) is 14.3 Å². The molecule has 0 saturated carbocycles. The minimum Gasteiger partial charge on any atom is -0.544 e. The van der Waals surface area contributed by atoms with Crippen molar-refractivity contribution in [1.82, 2.24) is 0 Å². The number of piperazine rings is 1. The van der Waals surface area contributed by atoms with Crippen LogP contribution in [0.4, 0.5) is 5.69 Å². The normalized spacial score (nSPS) is 16.2. The van der Waals surface area contributed by atoms with Crippen molar-refractivity contribution in [3.63, 3.8) is 0 Å². The van der Waals surface area contributed by atoms with E-state index >= 15 is 0 Å². The third-order valence-corrected chi connectivity index (χ3v) is 4.11. The standard InChI is InChI=1S/C16H21N3O5/c1-24-16(23)11-4-2-3-5-12(11)18-14(20)10-13(15(21)22)19-8-6-17-7-9-19/h2-5,13,17H,6-10H2,1H3,(H,18,20)(H,21,22)/p+1/t13-/m0/s1. The first-order valence-electron chi connectivity index (χ1n) is 7.87. The summed E-state index contributed by atoms with van der Waals surface area (Å²) in [6, 6.07) is 5.53. The summed E-state index contributed by atoms with van der Waals surface area (Å²) in [6.45, 7) is 2.99. The molecular weight excluding hydrogens is 314 g/mol. The van der Waals surface area contributed by atoms with Gasteiger partial charge >= 0.3 is 5.97 Å². The number of ether oxygens (including phenoxy) is 1. The molecule has 24 heavy (non-hydrogen) atoms. The summed E-state index contributed by atoms with van der Waals surface area (Å²) in [5.74, 6) is -2.27. The van der Waals surface area contributed by atoms with Gasteiger partial charge < -0.3 is 30.2 Å². The van der Waals surface area contributed by atoms with Crippen LogP contribution >= 0.6 is 0 Å². The summed E-state index contributed by atoms with van der Waals surface area (Å²) >= 11 is 0. The van der Waals surface area contributed by atoms with Gasteiger partial charge in [0.25, 0.3) is 0 Å². The van der Waals surface area contributed by atoms with Crippen LogP contribution in [0, 0.1) is 0 Å². The van der Waals surface area contributed by atoms with E-state index in [1.807, 2.05) is 0 Å². The number of carboxylic acid groups (broad SMARTS) is 1. The number of anilines is 1. The molecule has 0 unspecified atom stereocenters. The highest BCUT2D eigenvalue weighted by Gasteiger charge is 2.29. The first-order valence-corrected chi connectivity index (χ1v) is 7.87. The number of hydrogen-bond acceptors (Lipinski definition) is 5. The van der Waals surface area contributed by atoms with Crippen molar-refractivity contribution in [2.75, 3.05) is 38.6 Å². The smallest absolute Gasteiger partial charge is 0.339 e. The zero-order valence-corrected chi connectivity index (χ0v) is 13.5. The molecule has 1 aliphatic rings. The van der Waals surface area contributed by atoms with Gasteiger partial charge in [-0.1, -0.05) is 12.1 Å². The van der Waals surface area contributed by atoms with E-state index in [2.05, 4.69) is 15.4 Å². The Bertz CT molecular complexity index is 613. The van der Waals surface area contributed by atoms with Gasteiger partial charge in [-0.25, -0.2) is 4.79 Å². The molecule has 1 aromatic carbocycles. The van der Waals surface area contributed by atoms with Crippen molar-refractivity contribution in [2.24, 2.45) is 0 Å². The number of esters is 1. The van der Waals surface area contributed by atoms with E-state index in [4.69, 9.17) is 0 Å². The van der Waals surface area contributed by atoms with Crippen LogP contribution in [-0.4, -0.2) is 57.2 Å².